The second-order valence-electron chi connectivity index (χ2n) is 4.80. The van der Waals surface area contributed by atoms with Gasteiger partial charge in [0.25, 0.3) is 0 Å². The molecule has 0 aliphatic carbocycles. The van der Waals surface area contributed by atoms with Gasteiger partial charge >= 0.3 is 0 Å². The molecular formula is C15H25N3O2. The summed E-state index contributed by atoms with van der Waals surface area (Å²) in [4.78, 5) is 14.0. The van der Waals surface area contributed by atoms with E-state index in [2.05, 4.69) is 10.2 Å². The van der Waals surface area contributed by atoms with Crippen molar-refractivity contribution in [1.82, 2.24) is 10.2 Å². The van der Waals surface area contributed by atoms with Gasteiger partial charge in [0, 0.05) is 33.3 Å². The fourth-order valence-corrected chi connectivity index (χ4v) is 1.91. The molecule has 3 N–H and O–H groups in total. The lowest BCUT2D eigenvalue weighted by Crippen LogP contribution is -2.35. The van der Waals surface area contributed by atoms with Crippen LogP contribution in [-0.4, -0.2) is 51.2 Å². The van der Waals surface area contributed by atoms with E-state index in [-0.39, 0.29) is 5.91 Å². The molecule has 0 saturated carbocycles. The maximum Gasteiger partial charge on any atom is 0.224 e. The number of carbonyl (C=O) groups excluding carboxylic acids is 1. The maximum atomic E-state index is 11.9. The summed E-state index contributed by atoms with van der Waals surface area (Å²) in [6, 6.07) is 7.78. The van der Waals surface area contributed by atoms with Crippen LogP contribution in [0.4, 0.5) is 0 Å². The Morgan fingerprint density at radius 1 is 1.30 bits per heavy atom. The summed E-state index contributed by atoms with van der Waals surface area (Å²) >= 11 is 0. The molecular weight excluding hydrogens is 254 g/mol. The van der Waals surface area contributed by atoms with Gasteiger partial charge in [0.05, 0.1) is 13.0 Å². The summed E-state index contributed by atoms with van der Waals surface area (Å²) in [6.07, 6.45) is 0.384. The van der Waals surface area contributed by atoms with Gasteiger partial charge in [0.1, 0.15) is 0 Å². The van der Waals surface area contributed by atoms with Gasteiger partial charge < -0.3 is 20.7 Å². The highest BCUT2D eigenvalue weighted by Crippen LogP contribution is 2.08. The second kappa shape index (κ2) is 9.47. The van der Waals surface area contributed by atoms with Crippen molar-refractivity contribution in [2.75, 3.05) is 40.4 Å². The molecule has 1 amide bonds. The lowest BCUT2D eigenvalue weighted by atomic mass is 10.0. The zero-order chi connectivity index (χ0) is 14.8. The van der Waals surface area contributed by atoms with E-state index in [1.165, 1.54) is 0 Å². The zero-order valence-corrected chi connectivity index (χ0v) is 12.4. The Balaban J connectivity index is 2.30. The first kappa shape index (κ1) is 16.6. The molecule has 1 aromatic carbocycles. The Morgan fingerprint density at radius 2 is 2.00 bits per heavy atom. The van der Waals surface area contributed by atoms with E-state index < -0.39 is 0 Å². The Morgan fingerprint density at radius 3 is 2.65 bits per heavy atom. The largest absolute Gasteiger partial charge is 0.383 e. The number of nitrogens with one attached hydrogen (secondary N) is 1. The fourth-order valence-electron chi connectivity index (χ4n) is 1.91. The monoisotopic (exact) mass is 279 g/mol. The highest BCUT2D eigenvalue weighted by Gasteiger charge is 2.06. The lowest BCUT2D eigenvalue weighted by molar-refractivity contribution is -0.120. The van der Waals surface area contributed by atoms with Crippen LogP contribution in [0, 0.1) is 0 Å². The molecule has 0 saturated heterocycles. The normalized spacial score (nSPS) is 10.8. The Hall–Kier alpha value is -1.43. The van der Waals surface area contributed by atoms with Crippen LogP contribution in [0.2, 0.25) is 0 Å². The van der Waals surface area contributed by atoms with Gasteiger partial charge in [-0.15, -0.1) is 0 Å². The van der Waals surface area contributed by atoms with Gasteiger partial charge in [-0.3, -0.25) is 4.79 Å². The van der Waals surface area contributed by atoms with Crippen LogP contribution in [0.25, 0.3) is 0 Å². The molecule has 0 bridgehead atoms. The van der Waals surface area contributed by atoms with E-state index >= 15 is 0 Å². The van der Waals surface area contributed by atoms with E-state index in [4.69, 9.17) is 10.5 Å². The van der Waals surface area contributed by atoms with Crippen LogP contribution < -0.4 is 11.1 Å². The quantitative estimate of drug-likeness (QED) is 0.686. The molecule has 0 atom stereocenters. The number of rotatable bonds is 9. The number of carbonyl (C=O) groups is 1. The van der Waals surface area contributed by atoms with Gasteiger partial charge in [0.15, 0.2) is 0 Å². The molecule has 20 heavy (non-hydrogen) atoms. The van der Waals surface area contributed by atoms with Crippen LogP contribution in [0.15, 0.2) is 24.3 Å². The number of hydrogen-bond donors (Lipinski definition) is 2. The molecule has 0 unspecified atom stereocenters. The summed E-state index contributed by atoms with van der Waals surface area (Å²) in [6.45, 7) is 3.48. The van der Waals surface area contributed by atoms with Crippen molar-refractivity contribution in [1.29, 1.82) is 0 Å². The molecule has 0 fully saturated rings. The minimum absolute atomic E-state index is 0.0334. The number of nitrogens with two attached hydrogens (primary N) is 1. The summed E-state index contributed by atoms with van der Waals surface area (Å²) < 4.78 is 5.00. The molecule has 112 valence electrons. The number of methoxy groups -OCH3 is 1. The minimum Gasteiger partial charge on any atom is -0.383 e. The maximum absolute atomic E-state index is 11.9. The Kier molecular flexibility index (Phi) is 7.87. The topological polar surface area (TPSA) is 67.6 Å². The van der Waals surface area contributed by atoms with Crippen LogP contribution in [0.3, 0.4) is 0 Å². The molecule has 0 aromatic heterocycles. The van der Waals surface area contributed by atoms with E-state index in [9.17, 15) is 4.79 Å². The van der Waals surface area contributed by atoms with Crippen LogP contribution in [-0.2, 0) is 22.5 Å². The summed E-state index contributed by atoms with van der Waals surface area (Å²) in [5.41, 5.74) is 7.69. The molecule has 0 aliphatic heterocycles. The molecule has 5 nitrogen and oxygen atoms in total. The molecule has 5 heteroatoms. The summed E-state index contributed by atoms with van der Waals surface area (Å²) in [5, 5.41) is 2.93. The van der Waals surface area contributed by atoms with E-state index in [1.807, 2.05) is 31.3 Å². The molecule has 0 spiro atoms. The molecule has 1 aromatic rings. The fraction of sp³-hybridized carbons (Fsp3) is 0.533. The van der Waals surface area contributed by atoms with Crippen molar-refractivity contribution in [2.24, 2.45) is 5.73 Å². The van der Waals surface area contributed by atoms with Crippen LogP contribution in [0.1, 0.15) is 11.1 Å². The van der Waals surface area contributed by atoms with Crippen LogP contribution >= 0.6 is 0 Å². The standard InChI is InChI=1S/C15H25N3O2/c1-18(9-10-20-2)8-7-17-15(19)11-13-5-3-4-6-14(13)12-16/h3-6H,7-12,16H2,1-2H3,(H,17,19). The average Bonchev–Trinajstić information content (AvgIpc) is 2.45. The SMILES string of the molecule is COCCN(C)CCNC(=O)Cc1ccccc1CN. The molecule has 1 rings (SSSR count). The second-order valence-corrected chi connectivity index (χ2v) is 4.80. The van der Waals surface area contributed by atoms with Crippen LogP contribution in [0.5, 0.6) is 0 Å². The third kappa shape index (κ3) is 6.14. The molecule has 0 aliphatic rings. The van der Waals surface area contributed by atoms with Crippen molar-refractivity contribution >= 4 is 5.91 Å². The number of likely N-dealkylation sites (N-methyl/N-ethyl adjacent to an activating group) is 1. The van der Waals surface area contributed by atoms with Gasteiger partial charge in [-0.05, 0) is 18.2 Å². The van der Waals surface area contributed by atoms with Crippen molar-refractivity contribution < 1.29 is 9.53 Å². The third-order valence-electron chi connectivity index (χ3n) is 3.18. The van der Waals surface area contributed by atoms with Gasteiger partial charge in [-0.1, -0.05) is 24.3 Å². The lowest BCUT2D eigenvalue weighted by Gasteiger charge is -2.16. The average molecular weight is 279 g/mol. The Labute approximate surface area is 121 Å². The summed E-state index contributed by atoms with van der Waals surface area (Å²) in [7, 11) is 3.69. The predicted octanol–water partition coefficient (Wildman–Crippen LogP) is 0.382. The first-order valence-corrected chi connectivity index (χ1v) is 6.88. The first-order chi connectivity index (χ1) is 9.67. The molecule has 0 heterocycles. The zero-order valence-electron chi connectivity index (χ0n) is 12.4. The first-order valence-electron chi connectivity index (χ1n) is 6.88. The van der Waals surface area contributed by atoms with Gasteiger partial charge in [-0.25, -0.2) is 0 Å². The van der Waals surface area contributed by atoms with E-state index in [1.54, 1.807) is 7.11 Å². The van der Waals surface area contributed by atoms with Crippen molar-refractivity contribution in [3.8, 4) is 0 Å². The van der Waals surface area contributed by atoms with Crippen molar-refractivity contribution in [3.63, 3.8) is 0 Å². The van der Waals surface area contributed by atoms with E-state index in [0.29, 0.717) is 26.1 Å². The van der Waals surface area contributed by atoms with Crippen molar-refractivity contribution in [2.45, 2.75) is 13.0 Å². The van der Waals surface area contributed by atoms with E-state index in [0.717, 1.165) is 24.2 Å². The number of hydrogen-bond acceptors (Lipinski definition) is 4. The summed E-state index contributed by atoms with van der Waals surface area (Å²) in [5.74, 6) is 0.0334. The number of nitrogens with zero attached hydrogens (tertiary/aromatic N) is 1. The number of amides is 1. The predicted molar refractivity (Wildman–Crippen MR) is 80.4 cm³/mol. The highest BCUT2D eigenvalue weighted by molar-refractivity contribution is 5.78. The minimum atomic E-state index is 0.0334. The smallest absolute Gasteiger partial charge is 0.224 e. The third-order valence-corrected chi connectivity index (χ3v) is 3.18. The number of benzene rings is 1. The van der Waals surface area contributed by atoms with Gasteiger partial charge in [-0.2, -0.15) is 0 Å². The Bertz CT molecular complexity index is 410. The van der Waals surface area contributed by atoms with Crippen molar-refractivity contribution in [3.05, 3.63) is 35.4 Å². The number of ether oxygens (including phenoxy) is 1. The highest BCUT2D eigenvalue weighted by atomic mass is 16.5. The molecule has 0 radical (unpaired) electrons. The van der Waals surface area contributed by atoms with Gasteiger partial charge in [0.2, 0.25) is 5.91 Å².